The second-order valence-corrected chi connectivity index (χ2v) is 17.4. The Bertz CT molecular complexity index is 2300. The van der Waals surface area contributed by atoms with Gasteiger partial charge < -0.3 is 19.4 Å². The van der Waals surface area contributed by atoms with E-state index in [0.29, 0.717) is 18.5 Å². The number of hydrogen-bond acceptors (Lipinski definition) is 7. The number of carbonyl (C=O) groups excluding carboxylic acids is 3. The van der Waals surface area contributed by atoms with Crippen LogP contribution in [0.15, 0.2) is 152 Å². The molecule has 8 rings (SSSR count). The number of fused-ring (bicyclic) bond motifs is 3. The quantitative estimate of drug-likeness (QED) is 0.0720. The van der Waals surface area contributed by atoms with Crippen LogP contribution in [0.3, 0.4) is 0 Å². The highest BCUT2D eigenvalue weighted by Gasteiger charge is 2.40. The average molecular weight is 863 g/mol. The smallest absolute Gasteiger partial charge is 0.407 e. The van der Waals surface area contributed by atoms with E-state index in [0.717, 1.165) is 38.9 Å². The number of imidazole rings is 1. The molecule has 1 aliphatic carbocycles. The molecular formula is C47H42Cl3N5O5. The van der Waals surface area contributed by atoms with Crippen molar-refractivity contribution in [3.05, 3.63) is 186 Å². The van der Waals surface area contributed by atoms with Crippen molar-refractivity contribution in [2.45, 2.75) is 46.6 Å². The summed E-state index contributed by atoms with van der Waals surface area (Å²) in [7, 11) is 0. The molecule has 1 saturated heterocycles. The number of nitrogens with one attached hydrogen (secondary N) is 2. The molecule has 0 unspecified atom stereocenters. The standard InChI is InChI=1S/C47H42Cl3N5O5/c48-46(49,50)30-60-44(57)41-25-14-26-55(53-41)43(56)42(52-45(58)59-29-40-38-23-12-10-21-36(38)37-22-11-13-24-39(37)40)27-35-28-54(31-51-35)47(32-15-4-1-5-16-32,33-17-6-2-7-18-33)34-19-8-3-9-20-34/h1-13,15-24,28,31,40-42,53H,14,25-27,29-30H2,(H,52,58)/t41-,42-/m0/s1. The second-order valence-electron chi connectivity index (χ2n) is 14.8. The first-order valence-electron chi connectivity index (χ1n) is 19.7. The molecule has 1 fully saturated rings. The summed E-state index contributed by atoms with van der Waals surface area (Å²) in [5, 5.41) is 4.19. The molecule has 2 heterocycles. The normalized spacial score (nSPS) is 15.7. The number of aromatic nitrogens is 2. The highest BCUT2D eigenvalue weighted by Crippen LogP contribution is 2.45. The summed E-state index contributed by atoms with van der Waals surface area (Å²) in [4.78, 5) is 46.2. The van der Waals surface area contributed by atoms with Crippen LogP contribution in [-0.2, 0) is 31.0 Å². The Balaban J connectivity index is 1.09. The van der Waals surface area contributed by atoms with Crippen molar-refractivity contribution < 1.29 is 23.9 Å². The van der Waals surface area contributed by atoms with Gasteiger partial charge in [-0.15, -0.1) is 0 Å². The fourth-order valence-electron chi connectivity index (χ4n) is 8.39. The summed E-state index contributed by atoms with van der Waals surface area (Å²) in [6.07, 6.45) is 3.77. The second kappa shape index (κ2) is 17.9. The Morgan fingerprint density at radius 1 is 0.750 bits per heavy atom. The van der Waals surface area contributed by atoms with Gasteiger partial charge in [0.15, 0.2) is 0 Å². The topological polar surface area (TPSA) is 115 Å². The van der Waals surface area contributed by atoms with Gasteiger partial charge in [0.25, 0.3) is 5.91 Å². The minimum Gasteiger partial charge on any atom is -0.460 e. The molecule has 2 atom stereocenters. The molecule has 0 bridgehead atoms. The number of benzene rings is 5. The fraction of sp³-hybridized carbons (Fsp3) is 0.234. The summed E-state index contributed by atoms with van der Waals surface area (Å²) < 4.78 is 11.4. The van der Waals surface area contributed by atoms with E-state index in [9.17, 15) is 14.4 Å². The van der Waals surface area contributed by atoms with Crippen LogP contribution in [0.4, 0.5) is 4.79 Å². The third kappa shape index (κ3) is 8.65. The average Bonchev–Trinajstić information content (AvgIpc) is 3.88. The van der Waals surface area contributed by atoms with Gasteiger partial charge in [-0.1, -0.05) is 174 Å². The summed E-state index contributed by atoms with van der Waals surface area (Å²) in [6, 6.07) is 44.6. The zero-order chi connectivity index (χ0) is 41.7. The number of nitrogens with zero attached hydrogens (tertiary/aromatic N) is 3. The van der Waals surface area contributed by atoms with E-state index in [1.165, 1.54) is 5.01 Å². The van der Waals surface area contributed by atoms with Gasteiger partial charge in [-0.25, -0.2) is 15.2 Å². The first-order valence-corrected chi connectivity index (χ1v) is 20.9. The lowest BCUT2D eigenvalue weighted by molar-refractivity contribution is -0.152. The Morgan fingerprint density at radius 2 is 1.28 bits per heavy atom. The maximum atomic E-state index is 14.5. The van der Waals surface area contributed by atoms with E-state index in [4.69, 9.17) is 49.3 Å². The molecule has 6 aromatic rings. The van der Waals surface area contributed by atoms with E-state index in [1.54, 1.807) is 6.33 Å². The van der Waals surface area contributed by atoms with Crippen molar-refractivity contribution in [3.8, 4) is 11.1 Å². The number of amides is 2. The zero-order valence-corrected chi connectivity index (χ0v) is 34.7. The van der Waals surface area contributed by atoms with E-state index in [1.807, 2.05) is 102 Å². The number of hydrogen-bond donors (Lipinski definition) is 2. The monoisotopic (exact) mass is 861 g/mol. The molecule has 2 N–H and O–H groups in total. The minimum atomic E-state index is -1.79. The van der Waals surface area contributed by atoms with Crippen LogP contribution < -0.4 is 10.7 Å². The lowest BCUT2D eigenvalue weighted by Gasteiger charge is -2.37. The predicted molar refractivity (Wildman–Crippen MR) is 232 cm³/mol. The Hall–Kier alpha value is -5.65. The first kappa shape index (κ1) is 41.1. The van der Waals surface area contributed by atoms with Crippen LogP contribution in [0.5, 0.6) is 0 Å². The van der Waals surface area contributed by atoms with Crippen LogP contribution in [0.1, 0.15) is 52.3 Å². The van der Waals surface area contributed by atoms with Crippen LogP contribution in [0.25, 0.3) is 11.1 Å². The predicted octanol–water partition coefficient (Wildman–Crippen LogP) is 8.58. The molecule has 5 aromatic carbocycles. The van der Waals surface area contributed by atoms with E-state index < -0.39 is 46.0 Å². The van der Waals surface area contributed by atoms with Crippen molar-refractivity contribution >= 4 is 52.8 Å². The SMILES string of the molecule is O=C(N[C@@H](Cc1cn(C(c2ccccc2)(c2ccccc2)c2ccccc2)cn1)C(=O)N1CCC[C@@H](C(=O)OCC(Cl)(Cl)Cl)N1)OCC1c2ccccc2-c2ccccc21. The highest BCUT2D eigenvalue weighted by atomic mass is 35.6. The summed E-state index contributed by atoms with van der Waals surface area (Å²) in [5.41, 5.74) is 10.0. The van der Waals surface area contributed by atoms with E-state index >= 15 is 0 Å². The first-order chi connectivity index (χ1) is 29.1. The number of carbonyl (C=O) groups is 3. The van der Waals surface area contributed by atoms with Gasteiger partial charge in [-0.3, -0.25) is 14.6 Å². The highest BCUT2D eigenvalue weighted by molar-refractivity contribution is 6.67. The van der Waals surface area contributed by atoms with Gasteiger partial charge in [0.2, 0.25) is 3.79 Å². The van der Waals surface area contributed by atoms with Crippen LogP contribution in [0.2, 0.25) is 0 Å². The summed E-state index contributed by atoms with van der Waals surface area (Å²) in [5.74, 6) is -1.34. The molecule has 1 aromatic heterocycles. The van der Waals surface area contributed by atoms with Gasteiger partial charge in [0.1, 0.15) is 30.8 Å². The Labute approximate surface area is 363 Å². The van der Waals surface area contributed by atoms with Crippen molar-refractivity contribution in [1.29, 1.82) is 0 Å². The minimum absolute atomic E-state index is 0.00499. The van der Waals surface area contributed by atoms with Crippen LogP contribution >= 0.6 is 34.8 Å². The molecule has 0 radical (unpaired) electrons. The van der Waals surface area contributed by atoms with Gasteiger partial charge in [-0.2, -0.15) is 0 Å². The molecule has 10 nitrogen and oxygen atoms in total. The van der Waals surface area contributed by atoms with Crippen molar-refractivity contribution in [1.82, 2.24) is 25.3 Å². The van der Waals surface area contributed by atoms with Crippen molar-refractivity contribution in [3.63, 3.8) is 0 Å². The van der Waals surface area contributed by atoms with Crippen molar-refractivity contribution in [2.24, 2.45) is 0 Å². The summed E-state index contributed by atoms with van der Waals surface area (Å²) in [6.45, 7) is -0.126. The number of esters is 1. The lowest BCUT2D eigenvalue weighted by Crippen LogP contribution is -2.60. The van der Waals surface area contributed by atoms with E-state index in [-0.39, 0.29) is 25.5 Å². The molecule has 2 aliphatic rings. The molecule has 2 amide bonds. The molecular weight excluding hydrogens is 821 g/mol. The molecule has 0 saturated carbocycles. The van der Waals surface area contributed by atoms with Gasteiger partial charge in [-0.05, 0) is 51.8 Å². The van der Waals surface area contributed by atoms with Gasteiger partial charge >= 0.3 is 12.1 Å². The van der Waals surface area contributed by atoms with E-state index in [2.05, 4.69) is 59.3 Å². The zero-order valence-electron chi connectivity index (χ0n) is 32.4. The number of rotatable bonds is 12. The maximum Gasteiger partial charge on any atom is 0.407 e. The number of hydrazine groups is 1. The largest absolute Gasteiger partial charge is 0.460 e. The van der Waals surface area contributed by atoms with Crippen molar-refractivity contribution in [2.75, 3.05) is 19.8 Å². The van der Waals surface area contributed by atoms with Crippen LogP contribution in [0, 0.1) is 0 Å². The Morgan fingerprint density at radius 3 is 1.83 bits per heavy atom. The molecule has 306 valence electrons. The van der Waals surface area contributed by atoms with Crippen LogP contribution in [-0.4, -0.2) is 68.2 Å². The molecule has 60 heavy (non-hydrogen) atoms. The molecule has 0 spiro atoms. The molecule has 13 heteroatoms. The lowest BCUT2D eigenvalue weighted by atomic mass is 9.77. The molecule has 1 aliphatic heterocycles. The number of ether oxygens (including phenoxy) is 2. The summed E-state index contributed by atoms with van der Waals surface area (Å²) >= 11 is 17.5. The number of alkyl halides is 3. The number of alkyl carbamates (subject to hydrolysis) is 1. The number of halogens is 3. The Kier molecular flexibility index (Phi) is 12.3. The van der Waals surface area contributed by atoms with Gasteiger partial charge in [0.05, 0.1) is 12.0 Å². The third-order valence-corrected chi connectivity index (χ3v) is 11.4. The maximum absolute atomic E-state index is 14.5. The fourth-order valence-corrected chi connectivity index (χ4v) is 8.55. The van der Waals surface area contributed by atoms with Gasteiger partial charge in [0, 0.05) is 25.1 Å². The third-order valence-electron chi connectivity index (χ3n) is 11.1.